The summed E-state index contributed by atoms with van der Waals surface area (Å²) in [4.78, 5) is 24.2. The first-order valence-electron chi connectivity index (χ1n) is 14.1. The van der Waals surface area contributed by atoms with E-state index in [0.717, 1.165) is 33.4 Å². The van der Waals surface area contributed by atoms with E-state index >= 15 is 0 Å². The van der Waals surface area contributed by atoms with E-state index in [1.54, 1.807) is 14.2 Å². The van der Waals surface area contributed by atoms with Crippen molar-refractivity contribution in [2.45, 2.75) is 26.6 Å². The smallest absolute Gasteiger partial charge is 0.188 e. The van der Waals surface area contributed by atoms with Gasteiger partial charge in [0.25, 0.3) is 0 Å². The number of rotatable bonds is 13. The highest BCUT2D eigenvalue weighted by molar-refractivity contribution is 6.31. The molecule has 44 heavy (non-hydrogen) atoms. The van der Waals surface area contributed by atoms with Crippen LogP contribution in [0.1, 0.15) is 45.2 Å². The fourth-order valence-electron chi connectivity index (χ4n) is 4.62. The van der Waals surface area contributed by atoms with Crippen LogP contribution in [-0.4, -0.2) is 51.2 Å². The summed E-state index contributed by atoms with van der Waals surface area (Å²) in [6, 6.07) is 26.4. The Kier molecular flexibility index (Phi) is 14.2. The quantitative estimate of drug-likeness (QED) is 0.149. The van der Waals surface area contributed by atoms with Crippen LogP contribution in [0.5, 0.6) is 0 Å². The summed E-state index contributed by atoms with van der Waals surface area (Å²) in [5.41, 5.74) is 7.31. The zero-order valence-electron chi connectivity index (χ0n) is 25.4. The summed E-state index contributed by atoms with van der Waals surface area (Å²) < 4.78 is 15.4. The molecule has 0 aliphatic carbocycles. The Morgan fingerprint density at radius 2 is 1.09 bits per heavy atom. The molecule has 0 fully saturated rings. The highest BCUT2D eigenvalue weighted by atomic mass is 35.5. The molecule has 8 heteroatoms. The molecule has 0 saturated carbocycles. The van der Waals surface area contributed by atoms with Crippen molar-refractivity contribution in [2.75, 3.05) is 34.5 Å². The lowest BCUT2D eigenvalue weighted by Gasteiger charge is -2.13. The van der Waals surface area contributed by atoms with Gasteiger partial charge in [-0.05, 0) is 75.7 Å². The fourth-order valence-corrected chi connectivity index (χ4v) is 4.87. The minimum Gasteiger partial charge on any atom is -0.396 e. The normalized spacial score (nSPS) is 11.4. The molecule has 0 amide bonds. The lowest BCUT2D eigenvalue weighted by molar-refractivity contribution is 0.0847. The molecule has 1 atom stereocenters. The first-order chi connectivity index (χ1) is 21.2. The molecule has 0 bridgehead atoms. The maximum Gasteiger partial charge on any atom is 0.188 e. The Morgan fingerprint density at radius 3 is 1.48 bits per heavy atom. The van der Waals surface area contributed by atoms with Crippen LogP contribution in [0.15, 0.2) is 84.9 Å². The van der Waals surface area contributed by atoms with E-state index in [1.807, 2.05) is 91.9 Å². The number of hydrogen-bond acceptors (Lipinski definition) is 6. The average molecular weight is 638 g/mol. The molecule has 0 aliphatic heterocycles. The van der Waals surface area contributed by atoms with Crippen LogP contribution in [-0.2, 0) is 27.4 Å². The van der Waals surface area contributed by atoms with Gasteiger partial charge in [-0.25, -0.2) is 0 Å². The van der Waals surface area contributed by atoms with Gasteiger partial charge in [-0.2, -0.15) is 0 Å². The standard InChI is InChI=1S/C19H21ClO3.C17H17ClO3/c1-13(11-21)9-19(22)15-5-8-18(16(10-15)12-23-2)14-3-6-17(20)7-4-14;1-20-10-14-9-13(17(19)11-21-2)5-8-16(14)12-3-6-15(18)7-4-12/h3-8,10,13,21H,9,11-12H2,1-2H3;3-9H,10-11H2,1-2H3. The Labute approximate surface area is 269 Å². The summed E-state index contributed by atoms with van der Waals surface area (Å²) in [6.07, 6.45) is 0.337. The maximum atomic E-state index is 12.3. The molecule has 1 N–H and O–H groups in total. The van der Waals surface area contributed by atoms with Crippen molar-refractivity contribution < 1.29 is 28.9 Å². The molecule has 0 aromatic heterocycles. The molecule has 4 aromatic carbocycles. The molecule has 0 saturated heterocycles. The Bertz CT molecular complexity index is 1520. The van der Waals surface area contributed by atoms with Crippen LogP contribution in [0.2, 0.25) is 10.0 Å². The van der Waals surface area contributed by atoms with E-state index in [2.05, 4.69) is 0 Å². The SMILES string of the molecule is COCC(=O)c1ccc(-c2ccc(Cl)cc2)c(COC)c1.COCc1cc(C(=O)CC(C)CO)ccc1-c1ccc(Cl)cc1. The first-order valence-corrected chi connectivity index (χ1v) is 14.9. The number of carbonyl (C=O) groups is 2. The van der Waals surface area contributed by atoms with Crippen LogP contribution in [0.3, 0.4) is 0 Å². The average Bonchev–Trinajstić information content (AvgIpc) is 3.02. The third kappa shape index (κ3) is 10.1. The molecule has 232 valence electrons. The monoisotopic (exact) mass is 636 g/mol. The summed E-state index contributed by atoms with van der Waals surface area (Å²) in [7, 11) is 4.78. The Morgan fingerprint density at radius 1 is 0.659 bits per heavy atom. The minimum absolute atomic E-state index is 0.0134. The van der Waals surface area contributed by atoms with E-state index in [-0.39, 0.29) is 30.7 Å². The Balaban J connectivity index is 0.000000241. The van der Waals surface area contributed by atoms with Gasteiger partial charge >= 0.3 is 0 Å². The topological polar surface area (TPSA) is 82.1 Å². The molecule has 0 radical (unpaired) electrons. The van der Waals surface area contributed by atoms with Gasteiger partial charge in [-0.15, -0.1) is 0 Å². The first kappa shape index (κ1) is 35.1. The fraction of sp³-hybridized carbons (Fsp3) is 0.278. The van der Waals surface area contributed by atoms with Gasteiger partial charge in [-0.1, -0.05) is 78.7 Å². The zero-order chi connectivity index (χ0) is 32.1. The van der Waals surface area contributed by atoms with E-state index in [1.165, 1.54) is 7.11 Å². The lowest BCUT2D eigenvalue weighted by atomic mass is 9.94. The number of Topliss-reactive ketones (excluding diaryl/α,β-unsaturated/α-hetero) is 2. The van der Waals surface area contributed by atoms with Gasteiger partial charge in [0.2, 0.25) is 0 Å². The maximum absolute atomic E-state index is 12.3. The van der Waals surface area contributed by atoms with Gasteiger partial charge in [0.1, 0.15) is 6.61 Å². The third-order valence-corrected chi connectivity index (χ3v) is 7.39. The number of methoxy groups -OCH3 is 3. The van der Waals surface area contributed by atoms with Gasteiger partial charge < -0.3 is 19.3 Å². The highest BCUT2D eigenvalue weighted by Gasteiger charge is 2.14. The summed E-state index contributed by atoms with van der Waals surface area (Å²) in [5, 5.41) is 10.5. The van der Waals surface area contributed by atoms with Crippen molar-refractivity contribution in [2.24, 2.45) is 5.92 Å². The molecule has 0 aliphatic rings. The van der Waals surface area contributed by atoms with Gasteiger partial charge in [0.15, 0.2) is 11.6 Å². The highest BCUT2D eigenvalue weighted by Crippen LogP contribution is 2.29. The predicted octanol–water partition coefficient (Wildman–Crippen LogP) is 8.34. The molecule has 4 aromatic rings. The van der Waals surface area contributed by atoms with Crippen molar-refractivity contribution in [3.8, 4) is 22.3 Å². The van der Waals surface area contributed by atoms with Crippen molar-refractivity contribution >= 4 is 34.8 Å². The van der Waals surface area contributed by atoms with E-state index in [0.29, 0.717) is 40.8 Å². The Hall–Kier alpha value is -3.36. The van der Waals surface area contributed by atoms with Crippen molar-refractivity contribution in [3.05, 3.63) is 117 Å². The number of hydrogen-bond donors (Lipinski definition) is 1. The zero-order valence-corrected chi connectivity index (χ0v) is 27.0. The summed E-state index contributed by atoms with van der Waals surface area (Å²) in [6.45, 7) is 2.81. The number of benzene rings is 4. The number of carbonyl (C=O) groups excluding carboxylic acids is 2. The van der Waals surface area contributed by atoms with E-state index < -0.39 is 0 Å². The molecule has 0 spiro atoms. The van der Waals surface area contributed by atoms with E-state index in [9.17, 15) is 9.59 Å². The van der Waals surface area contributed by atoms with Crippen molar-refractivity contribution in [1.82, 2.24) is 0 Å². The van der Waals surface area contributed by atoms with Crippen LogP contribution in [0, 0.1) is 5.92 Å². The number of aliphatic hydroxyl groups is 1. The second-order valence-corrected chi connectivity index (χ2v) is 11.3. The summed E-state index contributed by atoms with van der Waals surface area (Å²) in [5.74, 6) is -0.0478. The van der Waals surface area contributed by atoms with Crippen LogP contribution < -0.4 is 0 Å². The molecular weight excluding hydrogens is 599 g/mol. The van der Waals surface area contributed by atoms with Crippen LogP contribution in [0.4, 0.5) is 0 Å². The molecule has 0 heterocycles. The number of ether oxygens (including phenoxy) is 3. The van der Waals surface area contributed by atoms with Crippen LogP contribution in [0.25, 0.3) is 22.3 Å². The van der Waals surface area contributed by atoms with E-state index in [4.69, 9.17) is 42.5 Å². The van der Waals surface area contributed by atoms with Crippen molar-refractivity contribution in [1.29, 1.82) is 0 Å². The number of aliphatic hydroxyl groups excluding tert-OH is 1. The third-order valence-electron chi connectivity index (χ3n) is 6.89. The second kappa shape index (κ2) is 17.8. The summed E-state index contributed by atoms with van der Waals surface area (Å²) >= 11 is 11.9. The largest absolute Gasteiger partial charge is 0.396 e. The van der Waals surface area contributed by atoms with Gasteiger partial charge in [0, 0.05) is 55.5 Å². The van der Waals surface area contributed by atoms with Gasteiger partial charge in [0.05, 0.1) is 13.2 Å². The number of ketones is 2. The number of halogens is 2. The lowest BCUT2D eigenvalue weighted by Crippen LogP contribution is -2.10. The predicted molar refractivity (Wildman–Crippen MR) is 177 cm³/mol. The van der Waals surface area contributed by atoms with Crippen molar-refractivity contribution in [3.63, 3.8) is 0 Å². The molecule has 1 unspecified atom stereocenters. The van der Waals surface area contributed by atoms with Crippen LogP contribution >= 0.6 is 23.2 Å². The molecule has 4 rings (SSSR count). The van der Waals surface area contributed by atoms with Gasteiger partial charge in [-0.3, -0.25) is 9.59 Å². The second-order valence-electron chi connectivity index (χ2n) is 10.4. The minimum atomic E-state index is -0.0440. The molecular formula is C36H38Cl2O6. The molecule has 6 nitrogen and oxygen atoms in total.